The highest BCUT2D eigenvalue weighted by molar-refractivity contribution is 7.91. The first-order valence-electron chi connectivity index (χ1n) is 11.8. The van der Waals surface area contributed by atoms with Gasteiger partial charge in [-0.05, 0) is 67.9 Å². The van der Waals surface area contributed by atoms with Crippen LogP contribution in [0.1, 0.15) is 47.6 Å². The number of carbonyl (C=O) groups excluding carboxylic acids is 2. The summed E-state index contributed by atoms with van der Waals surface area (Å²) >= 11 is 5.69. The van der Waals surface area contributed by atoms with Crippen LogP contribution in [0.4, 0.5) is 8.78 Å². The van der Waals surface area contributed by atoms with Crippen LogP contribution >= 0.6 is 11.6 Å². The second-order valence-electron chi connectivity index (χ2n) is 9.71. The van der Waals surface area contributed by atoms with Crippen LogP contribution in [0.3, 0.4) is 0 Å². The molecule has 2 saturated carbocycles. The Morgan fingerprint density at radius 3 is 2.58 bits per heavy atom. The molecular weight excluding hydrogens is 514 g/mol. The Kier molecular flexibility index (Phi) is 6.55. The standard InChI is InChI=1S/C25H25ClF2N2O5S/c26-18-12-19(27)17(11-20(18)28)23(13-4-5-13)29-24(32)22-10-15-9-21(15)30(22)25(33)14-2-1-3-16(8-14)36(34,35)7-6-31/h1-3,8,11-13,15,21-23,31H,4-7,9-10H2,(H,29,32)/t15-,21-,22-,23?/m1/s1. The van der Waals surface area contributed by atoms with E-state index in [-0.39, 0.29) is 38.9 Å². The predicted octanol–water partition coefficient (Wildman–Crippen LogP) is 3.25. The lowest BCUT2D eigenvalue weighted by Gasteiger charge is -2.29. The van der Waals surface area contributed by atoms with Gasteiger partial charge in [0.05, 0.1) is 28.3 Å². The van der Waals surface area contributed by atoms with E-state index in [0.717, 1.165) is 31.4 Å². The smallest absolute Gasteiger partial charge is 0.254 e. The molecule has 11 heteroatoms. The van der Waals surface area contributed by atoms with Crippen LogP contribution in [0, 0.1) is 23.5 Å². The number of sulfone groups is 1. The van der Waals surface area contributed by atoms with Crippen molar-refractivity contribution in [2.45, 2.75) is 48.7 Å². The van der Waals surface area contributed by atoms with Gasteiger partial charge in [-0.25, -0.2) is 17.2 Å². The van der Waals surface area contributed by atoms with Crippen molar-refractivity contribution in [2.75, 3.05) is 12.4 Å². The van der Waals surface area contributed by atoms with Crippen LogP contribution in [0.2, 0.25) is 5.02 Å². The Balaban J connectivity index is 1.38. The van der Waals surface area contributed by atoms with Crippen LogP contribution in [-0.4, -0.2) is 54.7 Å². The molecule has 2 amide bonds. The number of fused-ring (bicyclic) bond motifs is 1. The maximum absolute atomic E-state index is 14.6. The van der Waals surface area contributed by atoms with Crippen LogP contribution < -0.4 is 5.32 Å². The molecule has 1 aliphatic heterocycles. The zero-order valence-corrected chi connectivity index (χ0v) is 20.7. The number of nitrogens with zero attached hydrogens (tertiary/aromatic N) is 1. The molecule has 3 fully saturated rings. The second kappa shape index (κ2) is 9.39. The van der Waals surface area contributed by atoms with Gasteiger partial charge >= 0.3 is 0 Å². The number of benzene rings is 2. The van der Waals surface area contributed by atoms with E-state index in [0.29, 0.717) is 6.42 Å². The molecule has 3 aliphatic rings. The van der Waals surface area contributed by atoms with Crippen molar-refractivity contribution in [2.24, 2.45) is 11.8 Å². The van der Waals surface area contributed by atoms with Crippen LogP contribution in [-0.2, 0) is 14.6 Å². The third-order valence-corrected chi connectivity index (χ3v) is 9.19. The Labute approximate surface area is 212 Å². The molecule has 2 aliphatic carbocycles. The lowest BCUT2D eigenvalue weighted by molar-refractivity contribution is -0.126. The highest BCUT2D eigenvalue weighted by Crippen LogP contribution is 2.49. The van der Waals surface area contributed by atoms with E-state index in [1.807, 2.05) is 0 Å². The van der Waals surface area contributed by atoms with Gasteiger partial charge in [0, 0.05) is 17.2 Å². The third kappa shape index (κ3) is 4.73. The van der Waals surface area contributed by atoms with Crippen molar-refractivity contribution in [3.63, 3.8) is 0 Å². The maximum atomic E-state index is 14.6. The molecule has 0 bridgehead atoms. The number of hydrogen-bond donors (Lipinski definition) is 2. The third-order valence-electron chi connectivity index (χ3n) is 7.21. The van der Waals surface area contributed by atoms with Crippen molar-refractivity contribution in [3.05, 3.63) is 64.2 Å². The van der Waals surface area contributed by atoms with E-state index < -0.39 is 57.7 Å². The van der Waals surface area contributed by atoms with E-state index in [4.69, 9.17) is 16.7 Å². The number of amides is 2. The summed E-state index contributed by atoms with van der Waals surface area (Å²) in [7, 11) is -3.76. The summed E-state index contributed by atoms with van der Waals surface area (Å²) in [6.45, 7) is -0.543. The van der Waals surface area contributed by atoms with E-state index in [2.05, 4.69) is 5.32 Å². The number of halogens is 3. The Morgan fingerprint density at radius 2 is 1.89 bits per heavy atom. The van der Waals surface area contributed by atoms with Crippen molar-refractivity contribution in [3.8, 4) is 0 Å². The van der Waals surface area contributed by atoms with Gasteiger partial charge in [0.15, 0.2) is 9.84 Å². The molecular formula is C25H25ClF2N2O5S. The zero-order valence-electron chi connectivity index (χ0n) is 19.2. The number of aliphatic hydroxyl groups is 1. The largest absolute Gasteiger partial charge is 0.395 e. The van der Waals surface area contributed by atoms with E-state index >= 15 is 0 Å². The fourth-order valence-electron chi connectivity index (χ4n) is 5.10. The molecule has 7 nitrogen and oxygen atoms in total. The molecule has 2 aromatic rings. The van der Waals surface area contributed by atoms with Gasteiger partial charge in [-0.3, -0.25) is 9.59 Å². The summed E-state index contributed by atoms with van der Waals surface area (Å²) in [5, 5.41) is 11.6. The summed E-state index contributed by atoms with van der Waals surface area (Å²) in [6.07, 6.45) is 2.70. The van der Waals surface area contributed by atoms with Crippen LogP contribution in [0.15, 0.2) is 41.3 Å². The molecule has 5 rings (SSSR count). The minimum atomic E-state index is -3.76. The molecule has 4 atom stereocenters. The molecule has 0 aromatic heterocycles. The van der Waals surface area contributed by atoms with Gasteiger partial charge < -0.3 is 15.3 Å². The minimum Gasteiger partial charge on any atom is -0.395 e. The van der Waals surface area contributed by atoms with E-state index in [1.165, 1.54) is 29.2 Å². The molecule has 0 spiro atoms. The lowest BCUT2D eigenvalue weighted by Crippen LogP contribution is -2.49. The minimum absolute atomic E-state index is 0.0237. The number of aliphatic hydroxyl groups excluding tert-OH is 1. The van der Waals surface area contributed by atoms with Gasteiger partial charge in [-0.2, -0.15) is 0 Å². The summed E-state index contributed by atoms with van der Waals surface area (Å²) in [4.78, 5) is 28.2. The molecule has 1 saturated heterocycles. The normalized spacial score (nSPS) is 23.8. The quantitative estimate of drug-likeness (QED) is 0.502. The number of hydrogen-bond acceptors (Lipinski definition) is 5. The van der Waals surface area contributed by atoms with Crippen molar-refractivity contribution in [1.29, 1.82) is 0 Å². The molecule has 1 heterocycles. The first-order valence-corrected chi connectivity index (χ1v) is 13.8. The monoisotopic (exact) mass is 538 g/mol. The van der Waals surface area contributed by atoms with Crippen LogP contribution in [0.25, 0.3) is 0 Å². The SMILES string of the molecule is O=C(NC(c1cc(F)c(Cl)cc1F)C1CC1)[C@H]1C[C@H]2C[C@H]2N1C(=O)c1cccc(S(=O)(=O)CCO)c1. The van der Waals surface area contributed by atoms with Crippen molar-refractivity contribution < 1.29 is 31.9 Å². The fourth-order valence-corrected chi connectivity index (χ4v) is 6.32. The number of piperidine rings is 1. The van der Waals surface area contributed by atoms with Gasteiger partial charge in [0.25, 0.3) is 5.91 Å². The zero-order chi connectivity index (χ0) is 25.8. The fraction of sp³-hybridized carbons (Fsp3) is 0.440. The Morgan fingerprint density at radius 1 is 1.14 bits per heavy atom. The topological polar surface area (TPSA) is 104 Å². The van der Waals surface area contributed by atoms with E-state index in [9.17, 15) is 26.8 Å². The molecule has 192 valence electrons. The average Bonchev–Trinajstić information content (AvgIpc) is 3.77. The average molecular weight is 539 g/mol. The van der Waals surface area contributed by atoms with Crippen LogP contribution in [0.5, 0.6) is 0 Å². The summed E-state index contributed by atoms with van der Waals surface area (Å²) in [6, 6.07) is 5.78. The second-order valence-corrected chi connectivity index (χ2v) is 12.2. The van der Waals surface area contributed by atoms with Crippen molar-refractivity contribution >= 4 is 33.3 Å². The summed E-state index contributed by atoms with van der Waals surface area (Å²) < 4.78 is 53.5. The Hall–Kier alpha value is -2.56. The van der Waals surface area contributed by atoms with Crippen molar-refractivity contribution in [1.82, 2.24) is 10.2 Å². The predicted molar refractivity (Wildman–Crippen MR) is 127 cm³/mol. The maximum Gasteiger partial charge on any atom is 0.254 e. The first kappa shape index (κ1) is 25.1. The number of carbonyl (C=O) groups is 2. The molecule has 0 radical (unpaired) electrons. The summed E-state index contributed by atoms with van der Waals surface area (Å²) in [5.74, 6) is -2.74. The highest BCUT2D eigenvalue weighted by atomic mass is 35.5. The van der Waals surface area contributed by atoms with E-state index in [1.54, 1.807) is 0 Å². The number of nitrogens with one attached hydrogen (secondary N) is 1. The van der Waals surface area contributed by atoms with Gasteiger partial charge in [0.1, 0.15) is 17.7 Å². The molecule has 2 N–H and O–H groups in total. The first-order chi connectivity index (χ1) is 17.1. The highest BCUT2D eigenvalue weighted by Gasteiger charge is 2.56. The molecule has 2 aromatic carbocycles. The number of likely N-dealkylation sites (tertiary alicyclic amines) is 1. The number of rotatable bonds is 8. The van der Waals surface area contributed by atoms with Gasteiger partial charge in [-0.15, -0.1) is 0 Å². The van der Waals surface area contributed by atoms with Gasteiger partial charge in [0.2, 0.25) is 5.91 Å². The summed E-state index contributed by atoms with van der Waals surface area (Å²) in [5.41, 5.74) is 0.152. The van der Waals surface area contributed by atoms with Gasteiger partial charge in [-0.1, -0.05) is 17.7 Å². The Bertz CT molecular complexity index is 1330. The molecule has 1 unspecified atom stereocenters. The lowest BCUT2D eigenvalue weighted by atomic mass is 10.00. The molecule has 36 heavy (non-hydrogen) atoms.